The summed E-state index contributed by atoms with van der Waals surface area (Å²) in [7, 11) is 4.56. The SMILES string of the molecule is COc1cccc(C(=O)[C@@H]2[C@H](c3ccc(OC)c(OC)c3)[C@@](C#N)(C(N)=O)[C@H]3C=Cc4cc(C)ccc4N23)c1. The first-order valence-electron chi connectivity index (χ1n) is 12.5. The second-order valence-corrected chi connectivity index (χ2v) is 9.75. The summed E-state index contributed by atoms with van der Waals surface area (Å²) in [5, 5.41) is 10.7. The Balaban J connectivity index is 1.81. The number of aryl methyl sites for hydroxylation is 1. The van der Waals surface area contributed by atoms with Crippen LogP contribution in [0.3, 0.4) is 0 Å². The maximum Gasteiger partial charge on any atom is 0.241 e. The summed E-state index contributed by atoms with van der Waals surface area (Å²) in [4.78, 5) is 29.8. The molecule has 0 radical (unpaired) electrons. The number of hydrogen-bond acceptors (Lipinski definition) is 7. The number of ketones is 1. The maximum absolute atomic E-state index is 14.5. The number of ether oxygens (including phenoxy) is 3. The van der Waals surface area contributed by atoms with E-state index in [1.807, 2.05) is 42.2 Å². The number of amides is 1. The molecule has 8 heteroatoms. The molecule has 0 aromatic heterocycles. The molecule has 1 amide bonds. The van der Waals surface area contributed by atoms with E-state index in [1.165, 1.54) is 21.3 Å². The molecular formula is C31H29N3O5. The first-order chi connectivity index (χ1) is 18.8. The highest BCUT2D eigenvalue weighted by molar-refractivity contribution is 6.06. The summed E-state index contributed by atoms with van der Waals surface area (Å²) in [6, 6.07) is 18.5. The Morgan fingerprint density at radius 2 is 1.74 bits per heavy atom. The van der Waals surface area contributed by atoms with E-state index in [4.69, 9.17) is 19.9 Å². The number of primary amides is 1. The standard InChI is InChI=1S/C31H29N3O5/c1-18-8-11-23-19(14-18)10-13-26-31(17-32,30(33)36)27(20-9-12-24(38-3)25(16-20)39-4)28(34(23)26)29(35)21-6-5-7-22(15-21)37-2/h5-16,26-28H,1-4H3,(H2,33,36)/t26-,27+,28+,31+/m1/s1. The highest BCUT2D eigenvalue weighted by Crippen LogP contribution is 2.56. The summed E-state index contributed by atoms with van der Waals surface area (Å²) in [6.07, 6.45) is 3.70. The Morgan fingerprint density at radius 1 is 0.974 bits per heavy atom. The van der Waals surface area contributed by atoms with Crippen LogP contribution in [-0.2, 0) is 4.79 Å². The van der Waals surface area contributed by atoms with Gasteiger partial charge < -0.3 is 24.8 Å². The smallest absolute Gasteiger partial charge is 0.241 e. The minimum absolute atomic E-state index is 0.265. The van der Waals surface area contributed by atoms with Gasteiger partial charge in [0.15, 0.2) is 22.7 Å². The Bertz CT molecular complexity index is 1540. The Labute approximate surface area is 227 Å². The number of rotatable bonds is 7. The molecule has 1 fully saturated rings. The monoisotopic (exact) mass is 523 g/mol. The molecule has 2 N–H and O–H groups in total. The van der Waals surface area contributed by atoms with Crippen LogP contribution in [0.1, 0.15) is 33.0 Å². The van der Waals surface area contributed by atoms with E-state index in [-0.39, 0.29) is 5.78 Å². The molecule has 0 spiro atoms. The van der Waals surface area contributed by atoms with Crippen LogP contribution in [0.25, 0.3) is 6.08 Å². The van der Waals surface area contributed by atoms with Crippen LogP contribution < -0.4 is 24.8 Å². The van der Waals surface area contributed by atoms with Crippen molar-refractivity contribution >= 4 is 23.5 Å². The molecule has 2 heterocycles. The Morgan fingerprint density at radius 3 is 2.41 bits per heavy atom. The number of anilines is 1. The minimum Gasteiger partial charge on any atom is -0.497 e. The molecule has 0 bridgehead atoms. The molecule has 5 rings (SSSR count). The molecule has 39 heavy (non-hydrogen) atoms. The average molecular weight is 524 g/mol. The van der Waals surface area contributed by atoms with Gasteiger partial charge in [0.05, 0.1) is 33.4 Å². The van der Waals surface area contributed by atoms with Crippen LogP contribution in [0.5, 0.6) is 17.2 Å². The van der Waals surface area contributed by atoms with Crippen LogP contribution >= 0.6 is 0 Å². The lowest BCUT2D eigenvalue weighted by atomic mass is 9.67. The number of fused-ring (bicyclic) bond motifs is 3. The van der Waals surface area contributed by atoms with Gasteiger partial charge in [-0.25, -0.2) is 0 Å². The van der Waals surface area contributed by atoms with Gasteiger partial charge in [-0.3, -0.25) is 9.59 Å². The quantitative estimate of drug-likeness (QED) is 0.460. The Kier molecular flexibility index (Phi) is 6.52. The van der Waals surface area contributed by atoms with Crippen LogP contribution in [-0.4, -0.2) is 45.1 Å². The molecule has 0 saturated carbocycles. The molecular weight excluding hydrogens is 494 g/mol. The number of benzene rings is 3. The lowest BCUT2D eigenvalue weighted by Gasteiger charge is -2.36. The van der Waals surface area contributed by atoms with Crippen molar-refractivity contribution in [1.82, 2.24) is 0 Å². The zero-order valence-corrected chi connectivity index (χ0v) is 22.2. The number of nitriles is 1. The number of Topliss-reactive ketones (excluding diaryl/α,β-unsaturated/α-hetero) is 1. The van der Waals surface area contributed by atoms with E-state index >= 15 is 0 Å². The molecule has 2 aliphatic rings. The van der Waals surface area contributed by atoms with Gasteiger partial charge in [-0.1, -0.05) is 42.0 Å². The van der Waals surface area contributed by atoms with Crippen molar-refractivity contribution in [3.05, 3.63) is 89.0 Å². The van der Waals surface area contributed by atoms with Crippen molar-refractivity contribution < 1.29 is 23.8 Å². The molecule has 1 saturated heterocycles. The molecule has 3 aromatic rings. The molecule has 8 nitrogen and oxygen atoms in total. The number of nitrogens with zero attached hydrogens (tertiary/aromatic N) is 2. The summed E-state index contributed by atoms with van der Waals surface area (Å²) < 4.78 is 16.3. The number of hydrogen-bond donors (Lipinski definition) is 1. The van der Waals surface area contributed by atoms with Gasteiger partial charge in [-0.2, -0.15) is 5.26 Å². The average Bonchev–Trinajstić information content (AvgIpc) is 3.27. The summed E-state index contributed by atoms with van der Waals surface area (Å²) >= 11 is 0. The van der Waals surface area contributed by atoms with Crippen LogP contribution in [0.4, 0.5) is 5.69 Å². The van der Waals surface area contributed by atoms with Crippen molar-refractivity contribution in [2.45, 2.75) is 24.9 Å². The second kappa shape index (κ2) is 9.84. The predicted octanol–water partition coefficient (Wildman–Crippen LogP) is 4.27. The van der Waals surface area contributed by atoms with E-state index in [9.17, 15) is 14.9 Å². The van der Waals surface area contributed by atoms with Gasteiger partial charge >= 0.3 is 0 Å². The number of methoxy groups -OCH3 is 3. The van der Waals surface area contributed by atoms with Crippen molar-refractivity contribution in [2.75, 3.05) is 26.2 Å². The highest BCUT2D eigenvalue weighted by Gasteiger charge is 2.66. The zero-order valence-electron chi connectivity index (χ0n) is 22.2. The third-order valence-electron chi connectivity index (χ3n) is 7.77. The lowest BCUT2D eigenvalue weighted by molar-refractivity contribution is -0.125. The van der Waals surface area contributed by atoms with E-state index in [2.05, 4.69) is 6.07 Å². The number of carbonyl (C=O) groups is 2. The van der Waals surface area contributed by atoms with Crippen LogP contribution in [0.15, 0.2) is 66.7 Å². The van der Waals surface area contributed by atoms with Gasteiger partial charge in [-0.05, 0) is 54.4 Å². The minimum atomic E-state index is -1.77. The van der Waals surface area contributed by atoms with E-state index < -0.39 is 29.3 Å². The fourth-order valence-electron chi connectivity index (χ4n) is 5.97. The van der Waals surface area contributed by atoms with Crippen molar-refractivity contribution in [3.63, 3.8) is 0 Å². The van der Waals surface area contributed by atoms with E-state index in [1.54, 1.807) is 42.5 Å². The number of nitrogens with two attached hydrogens (primary N) is 1. The highest BCUT2D eigenvalue weighted by atomic mass is 16.5. The first-order valence-corrected chi connectivity index (χ1v) is 12.5. The summed E-state index contributed by atoms with van der Waals surface area (Å²) in [5.74, 6) is -0.584. The van der Waals surface area contributed by atoms with Crippen LogP contribution in [0, 0.1) is 23.7 Å². The maximum atomic E-state index is 14.5. The number of carbonyl (C=O) groups excluding carboxylic acids is 2. The van der Waals surface area contributed by atoms with Gasteiger partial charge in [0.1, 0.15) is 11.8 Å². The van der Waals surface area contributed by atoms with Gasteiger partial charge in [-0.15, -0.1) is 0 Å². The Hall–Kier alpha value is -4.77. The second-order valence-electron chi connectivity index (χ2n) is 9.75. The van der Waals surface area contributed by atoms with E-state index in [0.29, 0.717) is 28.4 Å². The largest absolute Gasteiger partial charge is 0.497 e. The van der Waals surface area contributed by atoms with Gasteiger partial charge in [0.2, 0.25) is 5.91 Å². The molecule has 2 aliphatic heterocycles. The first kappa shape index (κ1) is 25.9. The molecule has 198 valence electrons. The summed E-state index contributed by atoms with van der Waals surface area (Å²) in [6.45, 7) is 1.98. The zero-order chi connectivity index (χ0) is 27.9. The molecule has 0 aliphatic carbocycles. The fraction of sp³-hybridized carbons (Fsp3) is 0.258. The van der Waals surface area contributed by atoms with Gasteiger partial charge in [0.25, 0.3) is 0 Å². The normalized spacial score (nSPS) is 22.8. The lowest BCUT2D eigenvalue weighted by Crippen LogP contribution is -2.49. The predicted molar refractivity (Wildman–Crippen MR) is 147 cm³/mol. The topological polar surface area (TPSA) is 115 Å². The fourth-order valence-corrected chi connectivity index (χ4v) is 5.97. The third kappa shape index (κ3) is 3.89. The molecule has 4 atom stereocenters. The molecule has 0 unspecified atom stereocenters. The third-order valence-corrected chi connectivity index (χ3v) is 7.77. The van der Waals surface area contributed by atoms with Crippen molar-refractivity contribution in [3.8, 4) is 23.3 Å². The van der Waals surface area contributed by atoms with Crippen molar-refractivity contribution in [1.29, 1.82) is 5.26 Å². The van der Waals surface area contributed by atoms with E-state index in [0.717, 1.165) is 16.8 Å². The summed E-state index contributed by atoms with van der Waals surface area (Å²) in [5.41, 5.74) is 7.96. The van der Waals surface area contributed by atoms with Crippen LogP contribution in [0.2, 0.25) is 0 Å². The van der Waals surface area contributed by atoms with Crippen molar-refractivity contribution in [2.24, 2.45) is 11.1 Å². The molecule has 3 aromatic carbocycles. The van der Waals surface area contributed by atoms with Gasteiger partial charge in [0, 0.05) is 17.2 Å².